The second kappa shape index (κ2) is 7.64. The first-order chi connectivity index (χ1) is 13.6. The van der Waals surface area contributed by atoms with Crippen molar-refractivity contribution in [3.63, 3.8) is 0 Å². The Labute approximate surface area is 163 Å². The van der Waals surface area contributed by atoms with E-state index in [0.29, 0.717) is 18.5 Å². The Hall–Kier alpha value is -3.48. The fourth-order valence-electron chi connectivity index (χ4n) is 3.32. The summed E-state index contributed by atoms with van der Waals surface area (Å²) in [5.41, 5.74) is 2.36. The molecule has 7 heteroatoms. The number of carbonyl (C=O) groups excluding carboxylic acids is 2. The Balaban J connectivity index is 1.40. The molecule has 0 atom stereocenters. The Morgan fingerprint density at radius 1 is 1.14 bits per heavy atom. The maximum Gasteiger partial charge on any atom is 0.251 e. The number of rotatable bonds is 5. The molecule has 0 unspecified atom stereocenters. The normalized spacial score (nSPS) is 13.8. The van der Waals surface area contributed by atoms with E-state index in [1.54, 1.807) is 29.4 Å². The first-order valence-corrected chi connectivity index (χ1v) is 9.26. The van der Waals surface area contributed by atoms with E-state index >= 15 is 0 Å². The van der Waals surface area contributed by atoms with Gasteiger partial charge in [0.05, 0.1) is 0 Å². The van der Waals surface area contributed by atoms with E-state index < -0.39 is 0 Å². The zero-order valence-electron chi connectivity index (χ0n) is 15.6. The lowest BCUT2D eigenvalue weighted by molar-refractivity contribution is -0.117. The van der Waals surface area contributed by atoms with Crippen LogP contribution in [0.25, 0.3) is 5.82 Å². The van der Waals surface area contributed by atoms with Gasteiger partial charge in [-0.05, 0) is 55.3 Å². The van der Waals surface area contributed by atoms with E-state index in [1.165, 1.54) is 0 Å². The number of anilines is 1. The quantitative estimate of drug-likeness (QED) is 0.743. The number of hydrogen-bond donors (Lipinski definition) is 1. The Bertz CT molecular complexity index is 1010. The molecule has 2 aromatic heterocycles. The summed E-state index contributed by atoms with van der Waals surface area (Å²) in [6.45, 7) is 3.05. The van der Waals surface area contributed by atoms with Crippen molar-refractivity contribution in [1.29, 1.82) is 0 Å². The summed E-state index contributed by atoms with van der Waals surface area (Å²) in [6.07, 6.45) is 6.78. The Kier molecular flexibility index (Phi) is 4.89. The zero-order valence-corrected chi connectivity index (χ0v) is 15.6. The summed E-state index contributed by atoms with van der Waals surface area (Å²) >= 11 is 0. The average Bonchev–Trinajstić information content (AvgIpc) is 3.34. The summed E-state index contributed by atoms with van der Waals surface area (Å²) in [4.78, 5) is 34.6. The molecule has 0 spiro atoms. The molecule has 2 amide bonds. The van der Waals surface area contributed by atoms with Crippen molar-refractivity contribution >= 4 is 17.5 Å². The molecular weight excluding hydrogens is 354 g/mol. The highest BCUT2D eigenvalue weighted by molar-refractivity contribution is 5.97. The molecule has 1 aliphatic rings. The number of nitrogens with one attached hydrogen (secondary N) is 1. The second-order valence-electron chi connectivity index (χ2n) is 6.75. The monoisotopic (exact) mass is 375 g/mol. The van der Waals surface area contributed by atoms with Crippen LogP contribution in [-0.4, -0.2) is 32.9 Å². The molecule has 4 rings (SSSR count). The van der Waals surface area contributed by atoms with Gasteiger partial charge in [0.2, 0.25) is 5.91 Å². The van der Waals surface area contributed by atoms with E-state index in [4.69, 9.17) is 0 Å². The summed E-state index contributed by atoms with van der Waals surface area (Å²) in [5.74, 6) is 1.60. The number of amides is 2. The van der Waals surface area contributed by atoms with Gasteiger partial charge in [0.25, 0.3) is 5.91 Å². The van der Waals surface area contributed by atoms with Crippen molar-refractivity contribution in [3.05, 3.63) is 71.9 Å². The number of hydrogen-bond acceptors (Lipinski definition) is 4. The van der Waals surface area contributed by atoms with Gasteiger partial charge in [-0.1, -0.05) is 0 Å². The highest BCUT2D eigenvalue weighted by atomic mass is 16.2. The molecule has 142 valence electrons. The first kappa shape index (κ1) is 17.9. The minimum atomic E-state index is -0.156. The van der Waals surface area contributed by atoms with Gasteiger partial charge >= 0.3 is 0 Å². The summed E-state index contributed by atoms with van der Waals surface area (Å²) < 4.78 is 1.89. The van der Waals surface area contributed by atoms with Crippen LogP contribution >= 0.6 is 0 Å². The highest BCUT2D eigenvalue weighted by Gasteiger charge is 2.21. The number of carbonyl (C=O) groups is 2. The van der Waals surface area contributed by atoms with E-state index in [1.807, 2.05) is 42.0 Å². The van der Waals surface area contributed by atoms with Crippen LogP contribution < -0.4 is 10.2 Å². The van der Waals surface area contributed by atoms with Gasteiger partial charge in [0, 0.05) is 49.4 Å². The molecule has 0 bridgehead atoms. The minimum absolute atomic E-state index is 0.138. The molecule has 1 fully saturated rings. The molecule has 1 aromatic carbocycles. The Morgan fingerprint density at radius 3 is 2.64 bits per heavy atom. The van der Waals surface area contributed by atoms with Crippen molar-refractivity contribution in [2.45, 2.75) is 26.3 Å². The van der Waals surface area contributed by atoms with E-state index in [2.05, 4.69) is 15.3 Å². The van der Waals surface area contributed by atoms with Crippen molar-refractivity contribution in [3.8, 4) is 5.82 Å². The maximum absolute atomic E-state index is 12.5. The highest BCUT2D eigenvalue weighted by Crippen LogP contribution is 2.21. The number of nitrogens with zero attached hydrogens (tertiary/aromatic N) is 4. The molecule has 3 heterocycles. The van der Waals surface area contributed by atoms with Crippen LogP contribution in [0.4, 0.5) is 5.69 Å². The average molecular weight is 375 g/mol. The van der Waals surface area contributed by atoms with E-state index in [-0.39, 0.29) is 11.8 Å². The number of aromatic nitrogens is 3. The zero-order chi connectivity index (χ0) is 19.5. The lowest BCUT2D eigenvalue weighted by atomic mass is 10.1. The van der Waals surface area contributed by atoms with Crippen LogP contribution in [0, 0.1) is 6.92 Å². The summed E-state index contributed by atoms with van der Waals surface area (Å²) in [7, 11) is 0. The standard InChI is InChI=1S/C21H21N5O2/c1-15-22-10-12-25(15)19-13-16(8-9-23-19)14-24-21(28)17-4-6-18(7-5-17)26-11-2-3-20(26)27/h4-10,12-13H,2-3,11,14H2,1H3,(H,24,28). The van der Waals surface area contributed by atoms with Crippen LogP contribution in [0.3, 0.4) is 0 Å². The molecule has 7 nitrogen and oxygen atoms in total. The van der Waals surface area contributed by atoms with Gasteiger partial charge < -0.3 is 10.2 Å². The third-order valence-electron chi connectivity index (χ3n) is 4.85. The molecular formula is C21H21N5O2. The second-order valence-corrected chi connectivity index (χ2v) is 6.75. The van der Waals surface area contributed by atoms with Gasteiger partial charge in [0.15, 0.2) is 0 Å². The third kappa shape index (κ3) is 3.64. The molecule has 1 saturated heterocycles. The predicted molar refractivity (Wildman–Crippen MR) is 105 cm³/mol. The van der Waals surface area contributed by atoms with E-state index in [9.17, 15) is 9.59 Å². The van der Waals surface area contributed by atoms with Gasteiger partial charge in [-0.15, -0.1) is 0 Å². The van der Waals surface area contributed by atoms with Crippen LogP contribution in [0.15, 0.2) is 55.0 Å². The molecule has 0 aliphatic carbocycles. The number of aryl methyl sites for hydroxylation is 1. The van der Waals surface area contributed by atoms with Crippen molar-refractivity contribution in [1.82, 2.24) is 19.9 Å². The van der Waals surface area contributed by atoms with Crippen LogP contribution in [-0.2, 0) is 11.3 Å². The van der Waals surface area contributed by atoms with Gasteiger partial charge in [-0.25, -0.2) is 9.97 Å². The fourth-order valence-corrected chi connectivity index (χ4v) is 3.32. The van der Waals surface area contributed by atoms with Crippen molar-refractivity contribution < 1.29 is 9.59 Å². The summed E-state index contributed by atoms with van der Waals surface area (Å²) in [6, 6.07) is 11.0. The smallest absolute Gasteiger partial charge is 0.251 e. The topological polar surface area (TPSA) is 80.1 Å². The van der Waals surface area contributed by atoms with Crippen molar-refractivity contribution in [2.24, 2.45) is 0 Å². The van der Waals surface area contributed by atoms with Crippen molar-refractivity contribution in [2.75, 3.05) is 11.4 Å². The van der Waals surface area contributed by atoms with Gasteiger partial charge in [-0.2, -0.15) is 0 Å². The lowest BCUT2D eigenvalue weighted by Gasteiger charge is -2.15. The number of imidazole rings is 1. The molecule has 3 aromatic rings. The lowest BCUT2D eigenvalue weighted by Crippen LogP contribution is -2.25. The molecule has 1 N–H and O–H groups in total. The predicted octanol–water partition coefficient (Wildman–Crippen LogP) is 2.63. The molecule has 1 aliphatic heterocycles. The van der Waals surface area contributed by atoms with Crippen LogP contribution in [0.2, 0.25) is 0 Å². The molecule has 0 radical (unpaired) electrons. The van der Waals surface area contributed by atoms with Gasteiger partial charge in [-0.3, -0.25) is 14.2 Å². The maximum atomic E-state index is 12.5. The SMILES string of the molecule is Cc1nccn1-c1cc(CNC(=O)c2ccc(N3CCCC3=O)cc2)ccn1. The van der Waals surface area contributed by atoms with Crippen LogP contribution in [0.5, 0.6) is 0 Å². The first-order valence-electron chi connectivity index (χ1n) is 9.26. The third-order valence-corrected chi connectivity index (χ3v) is 4.85. The van der Waals surface area contributed by atoms with Crippen LogP contribution in [0.1, 0.15) is 34.6 Å². The Morgan fingerprint density at radius 2 is 1.96 bits per heavy atom. The largest absolute Gasteiger partial charge is 0.348 e. The molecule has 28 heavy (non-hydrogen) atoms. The minimum Gasteiger partial charge on any atom is -0.348 e. The number of pyridine rings is 1. The summed E-state index contributed by atoms with van der Waals surface area (Å²) in [5, 5.41) is 2.93. The molecule has 0 saturated carbocycles. The number of benzene rings is 1. The van der Waals surface area contributed by atoms with Gasteiger partial charge in [0.1, 0.15) is 11.6 Å². The fraction of sp³-hybridized carbons (Fsp3) is 0.238. The van der Waals surface area contributed by atoms with E-state index in [0.717, 1.165) is 35.9 Å².